The van der Waals surface area contributed by atoms with Crippen molar-refractivity contribution in [2.24, 2.45) is 5.73 Å². The third kappa shape index (κ3) is 3.32. The molecule has 3 N–H and O–H groups in total. The van der Waals surface area contributed by atoms with Crippen molar-refractivity contribution in [1.29, 1.82) is 0 Å². The fourth-order valence-electron chi connectivity index (χ4n) is 1.10. The molecule has 3 nitrogen and oxygen atoms in total. The van der Waals surface area contributed by atoms with E-state index in [-0.39, 0.29) is 10.9 Å². The average Bonchev–Trinajstić information content (AvgIpc) is 2.22. The lowest BCUT2D eigenvalue weighted by Gasteiger charge is -2.11. The average molecular weight is 243 g/mol. The first-order chi connectivity index (χ1) is 7.54. The van der Waals surface area contributed by atoms with Crippen molar-refractivity contribution in [3.63, 3.8) is 0 Å². The summed E-state index contributed by atoms with van der Waals surface area (Å²) in [5.74, 6) is -0.841. The number of carbonyl (C=O) groups is 1. The van der Waals surface area contributed by atoms with Crippen molar-refractivity contribution in [3.05, 3.63) is 41.7 Å². The highest BCUT2D eigenvalue weighted by molar-refractivity contribution is 6.33. The molecule has 0 spiro atoms. The molecule has 0 saturated carbocycles. The zero-order valence-corrected chi connectivity index (χ0v) is 9.30. The standard InChI is InChI=1S/C11H12ClFN2O/c1-2-3-9(14)11(16)15-10-5-4-7(13)6-8(10)12/h2,4-6,9H,1,3,14H2,(H,15,16). The molecule has 0 fully saturated rings. The van der Waals surface area contributed by atoms with E-state index in [4.69, 9.17) is 17.3 Å². The van der Waals surface area contributed by atoms with Crippen molar-refractivity contribution in [3.8, 4) is 0 Å². The number of rotatable bonds is 4. The van der Waals surface area contributed by atoms with Gasteiger partial charge in [0.2, 0.25) is 5.91 Å². The number of carbonyl (C=O) groups excluding carboxylic acids is 1. The minimum atomic E-state index is -0.682. The van der Waals surface area contributed by atoms with Crippen LogP contribution in [0.25, 0.3) is 0 Å². The molecule has 0 radical (unpaired) electrons. The smallest absolute Gasteiger partial charge is 0.241 e. The Hall–Kier alpha value is -1.39. The van der Waals surface area contributed by atoms with Crippen LogP contribution in [0.15, 0.2) is 30.9 Å². The number of nitrogens with one attached hydrogen (secondary N) is 1. The van der Waals surface area contributed by atoms with Crippen molar-refractivity contribution < 1.29 is 9.18 Å². The molecule has 0 aliphatic heterocycles. The molecule has 1 unspecified atom stereocenters. The molecule has 0 aliphatic carbocycles. The number of amides is 1. The summed E-state index contributed by atoms with van der Waals surface area (Å²) in [4.78, 5) is 11.5. The molecule has 0 aromatic heterocycles. The molecule has 1 aromatic carbocycles. The minimum absolute atomic E-state index is 0.138. The summed E-state index contributed by atoms with van der Waals surface area (Å²) in [7, 11) is 0. The molecule has 0 saturated heterocycles. The second-order valence-electron chi connectivity index (χ2n) is 3.24. The van der Waals surface area contributed by atoms with E-state index < -0.39 is 11.9 Å². The van der Waals surface area contributed by atoms with Gasteiger partial charge in [0.25, 0.3) is 0 Å². The van der Waals surface area contributed by atoms with Crippen molar-refractivity contribution >= 4 is 23.2 Å². The van der Waals surface area contributed by atoms with Crippen LogP contribution in [0.1, 0.15) is 6.42 Å². The van der Waals surface area contributed by atoms with Gasteiger partial charge in [0.15, 0.2) is 0 Å². The van der Waals surface area contributed by atoms with E-state index in [1.54, 1.807) is 6.08 Å². The van der Waals surface area contributed by atoms with Crippen LogP contribution in [-0.2, 0) is 4.79 Å². The van der Waals surface area contributed by atoms with E-state index in [0.717, 1.165) is 6.07 Å². The van der Waals surface area contributed by atoms with Crippen LogP contribution < -0.4 is 11.1 Å². The second kappa shape index (κ2) is 5.63. The zero-order valence-electron chi connectivity index (χ0n) is 8.54. The third-order valence-corrected chi connectivity index (χ3v) is 2.26. The van der Waals surface area contributed by atoms with Crippen molar-refractivity contribution in [1.82, 2.24) is 0 Å². The van der Waals surface area contributed by atoms with Gasteiger partial charge in [-0.05, 0) is 24.6 Å². The molecular formula is C11H12ClFN2O. The van der Waals surface area contributed by atoms with E-state index >= 15 is 0 Å². The highest BCUT2D eigenvalue weighted by Gasteiger charge is 2.13. The Bertz CT molecular complexity index is 409. The van der Waals surface area contributed by atoms with E-state index in [2.05, 4.69) is 11.9 Å². The Morgan fingerprint density at radius 1 is 1.69 bits per heavy atom. The Morgan fingerprint density at radius 2 is 2.38 bits per heavy atom. The monoisotopic (exact) mass is 242 g/mol. The summed E-state index contributed by atoms with van der Waals surface area (Å²) < 4.78 is 12.7. The lowest BCUT2D eigenvalue weighted by Crippen LogP contribution is -2.35. The maximum atomic E-state index is 12.7. The number of benzene rings is 1. The summed E-state index contributed by atoms with van der Waals surface area (Å²) >= 11 is 5.74. The van der Waals surface area contributed by atoms with Gasteiger partial charge in [-0.25, -0.2) is 4.39 Å². The topological polar surface area (TPSA) is 55.1 Å². The normalized spacial score (nSPS) is 11.9. The predicted octanol–water partition coefficient (Wildman–Crippen LogP) is 2.32. The summed E-state index contributed by atoms with van der Waals surface area (Å²) in [6.45, 7) is 3.48. The zero-order chi connectivity index (χ0) is 12.1. The Labute approximate surface area is 98.1 Å². The van der Waals surface area contributed by atoms with Gasteiger partial charge in [-0.2, -0.15) is 0 Å². The predicted molar refractivity (Wildman–Crippen MR) is 62.8 cm³/mol. The second-order valence-corrected chi connectivity index (χ2v) is 3.65. The van der Waals surface area contributed by atoms with Gasteiger partial charge in [0.05, 0.1) is 16.8 Å². The van der Waals surface area contributed by atoms with Crippen molar-refractivity contribution in [2.45, 2.75) is 12.5 Å². The molecule has 16 heavy (non-hydrogen) atoms. The van der Waals surface area contributed by atoms with E-state index in [9.17, 15) is 9.18 Å². The summed E-state index contributed by atoms with van der Waals surface area (Å²) in [6.07, 6.45) is 1.92. The quantitative estimate of drug-likeness (QED) is 0.797. The molecule has 0 heterocycles. The molecule has 1 amide bonds. The molecule has 5 heteroatoms. The lowest BCUT2D eigenvalue weighted by molar-refractivity contribution is -0.117. The van der Waals surface area contributed by atoms with Crippen LogP contribution in [0.2, 0.25) is 5.02 Å². The van der Waals surface area contributed by atoms with Gasteiger partial charge >= 0.3 is 0 Å². The molecular weight excluding hydrogens is 231 g/mol. The van der Waals surface area contributed by atoms with Gasteiger partial charge in [0, 0.05) is 0 Å². The van der Waals surface area contributed by atoms with Crippen LogP contribution in [-0.4, -0.2) is 11.9 Å². The highest BCUT2D eigenvalue weighted by Crippen LogP contribution is 2.22. The maximum absolute atomic E-state index is 12.7. The van der Waals surface area contributed by atoms with Gasteiger partial charge < -0.3 is 11.1 Å². The summed E-state index contributed by atoms with van der Waals surface area (Å²) in [5.41, 5.74) is 5.90. The van der Waals surface area contributed by atoms with Crippen LogP contribution in [0.4, 0.5) is 10.1 Å². The van der Waals surface area contributed by atoms with E-state index in [1.807, 2.05) is 0 Å². The number of anilines is 1. The minimum Gasteiger partial charge on any atom is -0.323 e. The first-order valence-corrected chi connectivity index (χ1v) is 5.04. The van der Waals surface area contributed by atoms with Crippen molar-refractivity contribution in [2.75, 3.05) is 5.32 Å². The Balaban J connectivity index is 2.73. The Morgan fingerprint density at radius 3 is 2.94 bits per heavy atom. The molecule has 1 atom stereocenters. The van der Waals surface area contributed by atoms with E-state index in [1.165, 1.54) is 12.1 Å². The number of nitrogens with two attached hydrogens (primary N) is 1. The first kappa shape index (κ1) is 12.7. The van der Waals surface area contributed by atoms with Gasteiger partial charge in [0.1, 0.15) is 5.82 Å². The number of halogens is 2. The number of hydrogen-bond donors (Lipinski definition) is 2. The van der Waals surface area contributed by atoms with Gasteiger partial charge in [-0.3, -0.25) is 4.79 Å². The van der Waals surface area contributed by atoms with Gasteiger partial charge in [-0.15, -0.1) is 6.58 Å². The summed E-state index contributed by atoms with van der Waals surface area (Å²) in [6, 6.07) is 3.03. The third-order valence-electron chi connectivity index (χ3n) is 1.95. The fourth-order valence-corrected chi connectivity index (χ4v) is 1.32. The number of hydrogen-bond acceptors (Lipinski definition) is 2. The van der Waals surface area contributed by atoms with Crippen LogP contribution in [0, 0.1) is 5.82 Å². The molecule has 0 aliphatic rings. The molecule has 1 rings (SSSR count). The molecule has 1 aromatic rings. The maximum Gasteiger partial charge on any atom is 0.241 e. The van der Waals surface area contributed by atoms with Gasteiger partial charge in [-0.1, -0.05) is 17.7 Å². The highest BCUT2D eigenvalue weighted by atomic mass is 35.5. The summed E-state index contributed by atoms with van der Waals surface area (Å²) in [5, 5.41) is 2.65. The molecule has 86 valence electrons. The van der Waals surface area contributed by atoms with Crippen LogP contribution in [0.5, 0.6) is 0 Å². The van der Waals surface area contributed by atoms with Crippen LogP contribution >= 0.6 is 11.6 Å². The fraction of sp³-hybridized carbons (Fsp3) is 0.182. The first-order valence-electron chi connectivity index (χ1n) is 4.67. The molecule has 0 bridgehead atoms. The Kier molecular flexibility index (Phi) is 4.46. The van der Waals surface area contributed by atoms with Crippen LogP contribution in [0.3, 0.4) is 0 Å². The SMILES string of the molecule is C=CCC(N)C(=O)Nc1ccc(F)cc1Cl. The largest absolute Gasteiger partial charge is 0.323 e. The lowest BCUT2D eigenvalue weighted by atomic mass is 10.2. The van der Waals surface area contributed by atoms with E-state index in [0.29, 0.717) is 12.1 Å².